The van der Waals surface area contributed by atoms with Crippen molar-refractivity contribution in [2.75, 3.05) is 19.6 Å². The van der Waals surface area contributed by atoms with E-state index in [1.165, 1.54) is 0 Å². The fraction of sp³-hybridized carbons (Fsp3) is 0.625. The first kappa shape index (κ1) is 15.9. The molecule has 3 amide bonds. The summed E-state index contributed by atoms with van der Waals surface area (Å²) in [5.74, 6) is -0.0680. The van der Waals surface area contributed by atoms with Crippen LogP contribution in [-0.4, -0.2) is 70.7 Å². The molecular weight excluding hydrogens is 328 g/mol. The second-order valence-electron chi connectivity index (χ2n) is 6.74. The molecule has 4 heterocycles. The van der Waals surface area contributed by atoms with Crippen LogP contribution in [0.2, 0.25) is 0 Å². The highest BCUT2D eigenvalue weighted by molar-refractivity contribution is 5.87. The molecule has 134 valence electrons. The molecule has 0 spiro atoms. The summed E-state index contributed by atoms with van der Waals surface area (Å²) in [6.07, 6.45) is 4.62. The van der Waals surface area contributed by atoms with Crippen LogP contribution in [-0.2, 0) is 20.7 Å². The SMILES string of the molecule is O=C1NC[C@@H](C(=O)N2C3CCC2CN(C(=O)CCc2cnoc2)C3)O1. The molecule has 2 bridgehead atoms. The Labute approximate surface area is 144 Å². The van der Waals surface area contributed by atoms with Crippen molar-refractivity contribution < 1.29 is 23.6 Å². The maximum atomic E-state index is 12.7. The van der Waals surface area contributed by atoms with Crippen LogP contribution in [0.4, 0.5) is 4.79 Å². The number of carbonyl (C=O) groups is 3. The lowest BCUT2D eigenvalue weighted by molar-refractivity contribution is -0.148. The first-order chi connectivity index (χ1) is 12.1. The summed E-state index contributed by atoms with van der Waals surface area (Å²) in [5, 5.41) is 6.14. The maximum Gasteiger partial charge on any atom is 0.408 e. The molecule has 3 aliphatic rings. The molecule has 9 nitrogen and oxygen atoms in total. The van der Waals surface area contributed by atoms with E-state index in [1.54, 1.807) is 12.5 Å². The van der Waals surface area contributed by atoms with Gasteiger partial charge in [0.05, 0.1) is 12.7 Å². The van der Waals surface area contributed by atoms with E-state index in [2.05, 4.69) is 10.5 Å². The molecule has 3 fully saturated rings. The quantitative estimate of drug-likeness (QED) is 0.816. The second-order valence-corrected chi connectivity index (χ2v) is 6.74. The highest BCUT2D eigenvalue weighted by Crippen LogP contribution is 2.31. The van der Waals surface area contributed by atoms with Gasteiger partial charge in [-0.15, -0.1) is 0 Å². The van der Waals surface area contributed by atoms with Gasteiger partial charge in [-0.1, -0.05) is 5.16 Å². The first-order valence-corrected chi connectivity index (χ1v) is 8.54. The number of hydrogen-bond donors (Lipinski definition) is 1. The van der Waals surface area contributed by atoms with E-state index in [4.69, 9.17) is 9.26 Å². The third-order valence-corrected chi connectivity index (χ3v) is 5.16. The Hall–Kier alpha value is -2.58. The molecule has 0 radical (unpaired) electrons. The molecule has 0 saturated carbocycles. The first-order valence-electron chi connectivity index (χ1n) is 8.54. The number of ether oxygens (including phenoxy) is 1. The molecule has 1 N–H and O–H groups in total. The number of piperazine rings is 1. The Morgan fingerprint density at radius 1 is 1.28 bits per heavy atom. The number of likely N-dealkylation sites (tertiary alicyclic amines) is 1. The van der Waals surface area contributed by atoms with Crippen LogP contribution in [0, 0.1) is 0 Å². The Morgan fingerprint density at radius 2 is 2.04 bits per heavy atom. The summed E-state index contributed by atoms with van der Waals surface area (Å²) < 4.78 is 9.79. The molecule has 1 aromatic heterocycles. The van der Waals surface area contributed by atoms with Crippen molar-refractivity contribution in [3.05, 3.63) is 18.0 Å². The van der Waals surface area contributed by atoms with Gasteiger partial charge in [0, 0.05) is 37.2 Å². The third-order valence-electron chi connectivity index (χ3n) is 5.16. The van der Waals surface area contributed by atoms with Crippen molar-refractivity contribution in [3.8, 4) is 0 Å². The Balaban J connectivity index is 1.35. The van der Waals surface area contributed by atoms with E-state index >= 15 is 0 Å². The van der Waals surface area contributed by atoms with Crippen LogP contribution in [0.15, 0.2) is 17.0 Å². The lowest BCUT2D eigenvalue weighted by Gasteiger charge is -2.41. The van der Waals surface area contributed by atoms with Gasteiger partial charge in [-0.3, -0.25) is 9.59 Å². The molecule has 0 aromatic carbocycles. The number of rotatable bonds is 4. The largest absolute Gasteiger partial charge is 0.434 e. The predicted molar refractivity (Wildman–Crippen MR) is 83.3 cm³/mol. The highest BCUT2D eigenvalue weighted by Gasteiger charge is 2.47. The summed E-state index contributed by atoms with van der Waals surface area (Å²) in [5.41, 5.74) is 0.903. The van der Waals surface area contributed by atoms with E-state index in [0.29, 0.717) is 25.9 Å². The molecule has 1 aromatic rings. The lowest BCUT2D eigenvalue weighted by Crippen LogP contribution is -2.59. The molecule has 3 aliphatic heterocycles. The number of aromatic nitrogens is 1. The molecule has 9 heteroatoms. The predicted octanol–water partition coefficient (Wildman–Crippen LogP) is -0.0826. The average molecular weight is 348 g/mol. The summed E-state index contributed by atoms with van der Waals surface area (Å²) in [6.45, 7) is 1.30. The van der Waals surface area contributed by atoms with Crippen LogP contribution in [0.1, 0.15) is 24.8 Å². The zero-order valence-corrected chi connectivity index (χ0v) is 13.7. The zero-order chi connectivity index (χ0) is 17.4. The van der Waals surface area contributed by atoms with Gasteiger partial charge in [-0.05, 0) is 19.3 Å². The van der Waals surface area contributed by atoms with Crippen molar-refractivity contribution in [2.24, 2.45) is 0 Å². The van der Waals surface area contributed by atoms with Crippen molar-refractivity contribution in [1.82, 2.24) is 20.3 Å². The number of fused-ring (bicyclic) bond motifs is 2. The monoisotopic (exact) mass is 348 g/mol. The number of aryl methyl sites for hydroxylation is 1. The molecule has 2 unspecified atom stereocenters. The Morgan fingerprint density at radius 3 is 2.64 bits per heavy atom. The summed E-state index contributed by atoms with van der Waals surface area (Å²) in [7, 11) is 0. The normalized spacial score (nSPS) is 28.0. The van der Waals surface area contributed by atoms with Crippen LogP contribution in [0.3, 0.4) is 0 Å². The van der Waals surface area contributed by atoms with E-state index in [9.17, 15) is 14.4 Å². The molecule has 3 saturated heterocycles. The Kier molecular flexibility index (Phi) is 4.06. The highest BCUT2D eigenvalue weighted by atomic mass is 16.6. The van der Waals surface area contributed by atoms with Crippen LogP contribution >= 0.6 is 0 Å². The standard InChI is InChI=1S/C16H20N4O5/c21-14(4-1-10-5-18-24-9-10)19-7-11-2-3-12(8-19)20(11)15(22)13-6-17-16(23)25-13/h5,9,11-13H,1-4,6-8H2,(H,17,23)/t11?,12?,13-/m0/s1. The Bertz CT molecular complexity index is 662. The number of alkyl carbamates (subject to hydrolysis) is 1. The van der Waals surface area contributed by atoms with Gasteiger partial charge in [0.15, 0.2) is 6.10 Å². The summed E-state index contributed by atoms with van der Waals surface area (Å²) in [4.78, 5) is 40.0. The van der Waals surface area contributed by atoms with Gasteiger partial charge >= 0.3 is 6.09 Å². The van der Waals surface area contributed by atoms with Crippen LogP contribution < -0.4 is 5.32 Å². The van der Waals surface area contributed by atoms with Crippen LogP contribution in [0.25, 0.3) is 0 Å². The molecule has 4 rings (SSSR count). The third kappa shape index (κ3) is 3.06. The van der Waals surface area contributed by atoms with Crippen molar-refractivity contribution in [2.45, 2.75) is 43.9 Å². The van der Waals surface area contributed by atoms with Crippen LogP contribution in [0.5, 0.6) is 0 Å². The minimum atomic E-state index is -0.744. The average Bonchev–Trinajstić information content (AvgIpc) is 3.32. The molecule has 25 heavy (non-hydrogen) atoms. The van der Waals surface area contributed by atoms with E-state index in [-0.39, 0.29) is 30.4 Å². The van der Waals surface area contributed by atoms with Crippen molar-refractivity contribution in [3.63, 3.8) is 0 Å². The van der Waals surface area contributed by atoms with E-state index in [0.717, 1.165) is 18.4 Å². The molecular formula is C16H20N4O5. The second kappa shape index (κ2) is 6.38. The van der Waals surface area contributed by atoms with E-state index < -0.39 is 12.2 Å². The van der Waals surface area contributed by atoms with Gasteiger partial charge in [-0.2, -0.15) is 0 Å². The van der Waals surface area contributed by atoms with Gasteiger partial charge < -0.3 is 24.4 Å². The van der Waals surface area contributed by atoms with Gasteiger partial charge in [-0.25, -0.2) is 4.79 Å². The summed E-state index contributed by atoms with van der Waals surface area (Å²) in [6, 6.07) is 0.00943. The molecule has 0 aliphatic carbocycles. The maximum absolute atomic E-state index is 12.7. The van der Waals surface area contributed by atoms with Crippen molar-refractivity contribution >= 4 is 17.9 Å². The minimum absolute atomic E-state index is 0.00472. The van der Waals surface area contributed by atoms with Gasteiger partial charge in [0.1, 0.15) is 6.26 Å². The number of nitrogens with one attached hydrogen (secondary N) is 1. The fourth-order valence-corrected chi connectivity index (χ4v) is 3.92. The van der Waals surface area contributed by atoms with Gasteiger partial charge in [0.25, 0.3) is 5.91 Å². The van der Waals surface area contributed by atoms with E-state index in [1.807, 2.05) is 9.80 Å². The lowest BCUT2D eigenvalue weighted by atomic mass is 10.1. The zero-order valence-electron chi connectivity index (χ0n) is 13.7. The smallest absolute Gasteiger partial charge is 0.408 e. The van der Waals surface area contributed by atoms with Gasteiger partial charge in [0.2, 0.25) is 5.91 Å². The number of cyclic esters (lactones) is 1. The van der Waals surface area contributed by atoms with Crippen molar-refractivity contribution in [1.29, 1.82) is 0 Å². The molecule has 3 atom stereocenters. The number of nitrogens with zero attached hydrogens (tertiary/aromatic N) is 3. The minimum Gasteiger partial charge on any atom is -0.434 e. The summed E-state index contributed by atoms with van der Waals surface area (Å²) >= 11 is 0. The number of hydrogen-bond acceptors (Lipinski definition) is 6. The number of carbonyl (C=O) groups excluding carboxylic acids is 3. The topological polar surface area (TPSA) is 105 Å². The fourth-order valence-electron chi connectivity index (χ4n) is 3.92. The number of amides is 3.